The Bertz CT molecular complexity index is 216. The Morgan fingerprint density at radius 1 is 0.950 bits per heavy atom. The molecule has 0 heterocycles. The predicted octanol–water partition coefficient (Wildman–Crippen LogP) is 1.60. The van der Waals surface area contributed by atoms with Gasteiger partial charge in [0.05, 0.1) is 45.7 Å². The number of hydrogen-bond acceptors (Lipinski definition) is 5. The molecular formula is C15H31NO4. The van der Waals surface area contributed by atoms with E-state index in [9.17, 15) is 0 Å². The lowest BCUT2D eigenvalue weighted by atomic mass is 10.2. The molecule has 0 aliphatic heterocycles. The van der Waals surface area contributed by atoms with Crippen molar-refractivity contribution in [3.8, 4) is 0 Å². The van der Waals surface area contributed by atoms with E-state index < -0.39 is 0 Å². The van der Waals surface area contributed by atoms with Crippen molar-refractivity contribution in [1.29, 1.82) is 0 Å². The van der Waals surface area contributed by atoms with Gasteiger partial charge in [-0.25, -0.2) is 0 Å². The van der Waals surface area contributed by atoms with Gasteiger partial charge in [0.25, 0.3) is 0 Å². The van der Waals surface area contributed by atoms with E-state index in [1.54, 1.807) is 7.11 Å². The Hall–Kier alpha value is -0.200. The number of hydrogen-bond donors (Lipinski definition) is 1. The smallest absolute Gasteiger partial charge is 0.0704 e. The van der Waals surface area contributed by atoms with Gasteiger partial charge in [0, 0.05) is 13.2 Å². The van der Waals surface area contributed by atoms with Crippen LogP contribution >= 0.6 is 0 Å². The molecule has 1 N–H and O–H groups in total. The largest absolute Gasteiger partial charge is 0.382 e. The van der Waals surface area contributed by atoms with Crippen LogP contribution in [0.3, 0.4) is 0 Å². The normalized spacial score (nSPS) is 22.5. The lowest BCUT2D eigenvalue weighted by molar-refractivity contribution is -0.0148. The Balaban J connectivity index is 1.83. The van der Waals surface area contributed by atoms with E-state index in [-0.39, 0.29) is 0 Å². The monoisotopic (exact) mass is 289 g/mol. The minimum absolute atomic E-state index is 0.408. The molecule has 0 aromatic carbocycles. The second-order valence-corrected chi connectivity index (χ2v) is 5.17. The van der Waals surface area contributed by atoms with Crippen LogP contribution in [0.15, 0.2) is 0 Å². The van der Waals surface area contributed by atoms with Crippen molar-refractivity contribution < 1.29 is 18.9 Å². The van der Waals surface area contributed by atoms with Gasteiger partial charge in [-0.05, 0) is 32.2 Å². The lowest BCUT2D eigenvalue weighted by Crippen LogP contribution is -2.28. The standard InChI is InChI=1S/C15H31NO4/c1-3-6-16-14-4-5-15(13-14)20-12-11-19-10-9-18-8-7-17-2/h14-16H,3-13H2,1-2H3. The van der Waals surface area contributed by atoms with Gasteiger partial charge < -0.3 is 24.3 Å². The van der Waals surface area contributed by atoms with E-state index in [0.29, 0.717) is 51.8 Å². The third-order valence-electron chi connectivity index (χ3n) is 3.45. The summed E-state index contributed by atoms with van der Waals surface area (Å²) >= 11 is 0. The molecule has 0 amide bonds. The van der Waals surface area contributed by atoms with Crippen molar-refractivity contribution in [3.05, 3.63) is 0 Å². The van der Waals surface area contributed by atoms with E-state index in [2.05, 4.69) is 12.2 Å². The zero-order chi connectivity index (χ0) is 14.5. The molecule has 0 aromatic rings. The SMILES string of the molecule is CCCNC1CCC(OCCOCCOCCOC)C1. The molecule has 1 aliphatic carbocycles. The number of ether oxygens (including phenoxy) is 4. The molecule has 120 valence electrons. The summed E-state index contributed by atoms with van der Waals surface area (Å²) in [5, 5.41) is 3.56. The molecule has 20 heavy (non-hydrogen) atoms. The molecule has 0 radical (unpaired) electrons. The number of nitrogens with one attached hydrogen (secondary N) is 1. The van der Waals surface area contributed by atoms with Crippen LogP contribution in [0, 0.1) is 0 Å². The second kappa shape index (κ2) is 12.5. The molecular weight excluding hydrogens is 258 g/mol. The summed E-state index contributed by atoms with van der Waals surface area (Å²) in [6.45, 7) is 7.16. The van der Waals surface area contributed by atoms with E-state index in [4.69, 9.17) is 18.9 Å². The van der Waals surface area contributed by atoms with E-state index in [1.807, 2.05) is 0 Å². The Labute approximate surface area is 123 Å². The fourth-order valence-electron chi connectivity index (χ4n) is 2.36. The van der Waals surface area contributed by atoms with E-state index >= 15 is 0 Å². The summed E-state index contributed by atoms with van der Waals surface area (Å²) in [4.78, 5) is 0. The summed E-state index contributed by atoms with van der Waals surface area (Å²) in [6, 6.07) is 0.648. The summed E-state index contributed by atoms with van der Waals surface area (Å²) in [5.41, 5.74) is 0. The molecule has 0 spiro atoms. The highest BCUT2D eigenvalue weighted by Gasteiger charge is 2.24. The summed E-state index contributed by atoms with van der Waals surface area (Å²) in [5.74, 6) is 0. The van der Waals surface area contributed by atoms with Crippen LogP contribution in [0.1, 0.15) is 32.6 Å². The topological polar surface area (TPSA) is 49.0 Å². The fourth-order valence-corrected chi connectivity index (χ4v) is 2.36. The average Bonchev–Trinajstić information content (AvgIpc) is 2.91. The first-order valence-electron chi connectivity index (χ1n) is 7.86. The van der Waals surface area contributed by atoms with E-state index in [0.717, 1.165) is 13.0 Å². The minimum atomic E-state index is 0.408. The maximum Gasteiger partial charge on any atom is 0.0704 e. The molecule has 2 unspecified atom stereocenters. The van der Waals surface area contributed by atoms with Crippen LogP contribution in [0.5, 0.6) is 0 Å². The van der Waals surface area contributed by atoms with Gasteiger partial charge in [0.15, 0.2) is 0 Å². The Kier molecular flexibility index (Phi) is 11.2. The molecule has 0 aromatic heterocycles. The highest BCUT2D eigenvalue weighted by Crippen LogP contribution is 2.21. The van der Waals surface area contributed by atoms with Crippen LogP contribution in [-0.4, -0.2) is 65.4 Å². The number of methoxy groups -OCH3 is 1. The van der Waals surface area contributed by atoms with Crippen molar-refractivity contribution in [3.63, 3.8) is 0 Å². The van der Waals surface area contributed by atoms with Crippen LogP contribution in [0.2, 0.25) is 0 Å². The average molecular weight is 289 g/mol. The maximum atomic E-state index is 5.83. The van der Waals surface area contributed by atoms with Gasteiger partial charge in [-0.2, -0.15) is 0 Å². The fraction of sp³-hybridized carbons (Fsp3) is 1.00. The van der Waals surface area contributed by atoms with Gasteiger partial charge >= 0.3 is 0 Å². The van der Waals surface area contributed by atoms with Crippen molar-refractivity contribution in [2.24, 2.45) is 0 Å². The highest BCUT2D eigenvalue weighted by molar-refractivity contribution is 4.80. The third kappa shape index (κ3) is 8.87. The zero-order valence-electron chi connectivity index (χ0n) is 13.1. The highest BCUT2D eigenvalue weighted by atomic mass is 16.6. The van der Waals surface area contributed by atoms with Crippen LogP contribution in [-0.2, 0) is 18.9 Å². The van der Waals surface area contributed by atoms with Gasteiger partial charge in [-0.1, -0.05) is 6.92 Å². The molecule has 5 heteroatoms. The lowest BCUT2D eigenvalue weighted by Gasteiger charge is -2.13. The third-order valence-corrected chi connectivity index (χ3v) is 3.45. The molecule has 1 rings (SSSR count). The summed E-state index contributed by atoms with van der Waals surface area (Å²) < 4.78 is 21.5. The molecule has 1 fully saturated rings. The van der Waals surface area contributed by atoms with Crippen LogP contribution in [0.25, 0.3) is 0 Å². The maximum absolute atomic E-state index is 5.83. The van der Waals surface area contributed by atoms with Crippen molar-refractivity contribution in [2.45, 2.75) is 44.8 Å². The van der Waals surface area contributed by atoms with E-state index in [1.165, 1.54) is 19.3 Å². The first-order chi connectivity index (χ1) is 9.86. The first-order valence-corrected chi connectivity index (χ1v) is 7.86. The summed E-state index contributed by atoms with van der Waals surface area (Å²) in [7, 11) is 1.67. The predicted molar refractivity (Wildman–Crippen MR) is 79.2 cm³/mol. The van der Waals surface area contributed by atoms with Gasteiger partial charge in [0.1, 0.15) is 0 Å². The molecule has 1 aliphatic rings. The van der Waals surface area contributed by atoms with Crippen molar-refractivity contribution in [1.82, 2.24) is 5.32 Å². The molecule has 0 saturated heterocycles. The minimum Gasteiger partial charge on any atom is -0.382 e. The number of rotatable bonds is 13. The van der Waals surface area contributed by atoms with Crippen molar-refractivity contribution in [2.75, 3.05) is 53.3 Å². The van der Waals surface area contributed by atoms with Gasteiger partial charge in [0.2, 0.25) is 0 Å². The summed E-state index contributed by atoms with van der Waals surface area (Å²) in [6.07, 6.45) is 5.15. The first kappa shape index (κ1) is 17.9. The Morgan fingerprint density at radius 2 is 1.65 bits per heavy atom. The molecule has 1 saturated carbocycles. The Morgan fingerprint density at radius 3 is 2.35 bits per heavy atom. The zero-order valence-corrected chi connectivity index (χ0v) is 13.1. The van der Waals surface area contributed by atoms with Gasteiger partial charge in [-0.3, -0.25) is 0 Å². The van der Waals surface area contributed by atoms with Crippen molar-refractivity contribution >= 4 is 0 Å². The molecule has 5 nitrogen and oxygen atoms in total. The quantitative estimate of drug-likeness (QED) is 0.522. The van der Waals surface area contributed by atoms with Crippen LogP contribution in [0.4, 0.5) is 0 Å². The molecule has 2 atom stereocenters. The van der Waals surface area contributed by atoms with Crippen LogP contribution < -0.4 is 5.32 Å². The second-order valence-electron chi connectivity index (χ2n) is 5.17. The van der Waals surface area contributed by atoms with Gasteiger partial charge in [-0.15, -0.1) is 0 Å². The molecule has 0 bridgehead atoms.